The highest BCUT2D eigenvalue weighted by Crippen LogP contribution is 2.28. The number of aromatic nitrogens is 5. The Morgan fingerprint density at radius 3 is 2.69 bits per heavy atom. The molecule has 10 heteroatoms. The minimum Gasteiger partial charge on any atom is -0.415 e. The number of imidazole rings is 1. The zero-order valence-electron chi connectivity index (χ0n) is 13.0. The third-order valence-corrected chi connectivity index (χ3v) is 4.20. The second-order valence-electron chi connectivity index (χ2n) is 5.33. The van der Waals surface area contributed by atoms with Crippen molar-refractivity contribution in [2.24, 2.45) is 0 Å². The molecule has 0 unspecified atom stereocenters. The van der Waals surface area contributed by atoms with Gasteiger partial charge in [-0.1, -0.05) is 0 Å². The lowest BCUT2D eigenvalue weighted by molar-refractivity contribution is 0.116. The van der Waals surface area contributed by atoms with Gasteiger partial charge in [0.1, 0.15) is 11.6 Å². The van der Waals surface area contributed by atoms with Crippen molar-refractivity contribution in [1.29, 1.82) is 0 Å². The molecule has 132 valence electrons. The molecule has 4 aromatic rings. The van der Waals surface area contributed by atoms with Gasteiger partial charge in [-0.25, -0.2) is 14.4 Å². The fraction of sp³-hybridized carbons (Fsp3) is 0.125. The van der Waals surface area contributed by atoms with E-state index in [2.05, 4.69) is 20.2 Å². The van der Waals surface area contributed by atoms with Gasteiger partial charge in [0.25, 0.3) is 5.89 Å². The Hall–Kier alpha value is -3.01. The van der Waals surface area contributed by atoms with E-state index in [1.165, 1.54) is 17.4 Å². The van der Waals surface area contributed by atoms with Gasteiger partial charge in [-0.3, -0.25) is 0 Å². The molecule has 3 heterocycles. The van der Waals surface area contributed by atoms with Gasteiger partial charge < -0.3 is 8.98 Å². The summed E-state index contributed by atoms with van der Waals surface area (Å²) in [6, 6.07) is 4.00. The van der Waals surface area contributed by atoms with Gasteiger partial charge in [-0.2, -0.15) is 8.78 Å². The number of nitrogens with zero attached hydrogens (tertiary/aromatic N) is 5. The van der Waals surface area contributed by atoms with Crippen molar-refractivity contribution in [2.75, 3.05) is 0 Å². The number of halogens is 3. The molecule has 0 saturated heterocycles. The molecule has 1 aromatic carbocycles. The van der Waals surface area contributed by atoms with E-state index in [4.69, 9.17) is 4.42 Å². The van der Waals surface area contributed by atoms with Crippen molar-refractivity contribution in [3.05, 3.63) is 58.9 Å². The lowest BCUT2D eigenvalue weighted by Gasteiger charge is -2.07. The molecule has 0 aliphatic heterocycles. The molecule has 0 N–H and O–H groups in total. The first-order valence-electron chi connectivity index (χ1n) is 7.41. The maximum Gasteiger partial charge on any atom is 0.314 e. The third-order valence-electron chi connectivity index (χ3n) is 3.56. The zero-order valence-corrected chi connectivity index (χ0v) is 13.8. The summed E-state index contributed by atoms with van der Waals surface area (Å²) in [5.41, 5.74) is 3.23. The van der Waals surface area contributed by atoms with E-state index < -0.39 is 18.1 Å². The molecule has 6 nitrogen and oxygen atoms in total. The highest BCUT2D eigenvalue weighted by Gasteiger charge is 2.18. The average Bonchev–Trinajstić information content (AvgIpc) is 3.36. The lowest BCUT2D eigenvalue weighted by atomic mass is 10.1. The SMILES string of the molecule is Fc1cc(-c2nnc(C(F)F)o2)cc(-c2nccn2Cc2cscn2)c1. The predicted octanol–water partition coefficient (Wildman–Crippen LogP) is 4.18. The van der Waals surface area contributed by atoms with E-state index >= 15 is 0 Å². The maximum absolute atomic E-state index is 14.1. The lowest BCUT2D eigenvalue weighted by Crippen LogP contribution is -2.01. The molecular formula is C16H10F3N5OS. The van der Waals surface area contributed by atoms with Gasteiger partial charge in [0.2, 0.25) is 5.89 Å². The molecule has 0 aliphatic rings. The van der Waals surface area contributed by atoms with Crippen LogP contribution in [0.25, 0.3) is 22.8 Å². The van der Waals surface area contributed by atoms with Gasteiger partial charge in [0.15, 0.2) is 0 Å². The third kappa shape index (κ3) is 3.23. The van der Waals surface area contributed by atoms with Crippen molar-refractivity contribution in [2.45, 2.75) is 13.0 Å². The van der Waals surface area contributed by atoms with E-state index in [1.54, 1.807) is 24.0 Å². The first-order chi connectivity index (χ1) is 12.6. The topological polar surface area (TPSA) is 69.6 Å². The van der Waals surface area contributed by atoms with E-state index in [1.807, 2.05) is 9.95 Å². The quantitative estimate of drug-likeness (QED) is 0.522. The Bertz CT molecular complexity index is 1030. The fourth-order valence-electron chi connectivity index (χ4n) is 2.47. The summed E-state index contributed by atoms with van der Waals surface area (Å²) in [6.45, 7) is 0.473. The Labute approximate surface area is 149 Å². The first kappa shape index (κ1) is 16.5. The molecule has 0 bridgehead atoms. The number of alkyl halides is 2. The molecule has 0 amide bonds. The second kappa shape index (κ2) is 6.71. The van der Waals surface area contributed by atoms with Crippen molar-refractivity contribution < 1.29 is 17.6 Å². The number of benzene rings is 1. The maximum atomic E-state index is 14.1. The van der Waals surface area contributed by atoms with Crippen LogP contribution in [0.15, 0.2) is 45.9 Å². The molecule has 0 fully saturated rings. The van der Waals surface area contributed by atoms with Gasteiger partial charge in [-0.15, -0.1) is 21.5 Å². The summed E-state index contributed by atoms with van der Waals surface area (Å²) in [7, 11) is 0. The number of rotatable bonds is 5. The highest BCUT2D eigenvalue weighted by atomic mass is 32.1. The summed E-state index contributed by atoms with van der Waals surface area (Å²) in [5.74, 6) is -1.06. The fourth-order valence-corrected chi connectivity index (χ4v) is 3.02. The zero-order chi connectivity index (χ0) is 18.1. The van der Waals surface area contributed by atoms with Crippen LogP contribution in [0.4, 0.5) is 13.2 Å². The monoisotopic (exact) mass is 377 g/mol. The Morgan fingerprint density at radius 1 is 1.12 bits per heavy atom. The van der Waals surface area contributed by atoms with Crippen LogP contribution in [-0.4, -0.2) is 24.7 Å². The van der Waals surface area contributed by atoms with Crippen molar-refractivity contribution in [3.8, 4) is 22.8 Å². The van der Waals surface area contributed by atoms with Crippen molar-refractivity contribution in [3.63, 3.8) is 0 Å². The summed E-state index contributed by atoms with van der Waals surface area (Å²) in [6.07, 6.45) is 0.454. The van der Waals surface area contributed by atoms with Crippen LogP contribution in [-0.2, 0) is 6.54 Å². The minimum atomic E-state index is -2.89. The van der Waals surface area contributed by atoms with Gasteiger partial charge >= 0.3 is 6.43 Å². The van der Waals surface area contributed by atoms with Crippen LogP contribution in [0.1, 0.15) is 18.0 Å². The minimum absolute atomic E-state index is 0.182. The Balaban J connectivity index is 1.72. The van der Waals surface area contributed by atoms with Crippen LogP contribution >= 0.6 is 11.3 Å². The first-order valence-corrected chi connectivity index (χ1v) is 8.35. The van der Waals surface area contributed by atoms with E-state index in [0.717, 1.165) is 11.8 Å². The molecule has 0 radical (unpaired) electrons. The Kier molecular flexibility index (Phi) is 4.25. The molecule has 0 saturated carbocycles. The largest absolute Gasteiger partial charge is 0.415 e. The van der Waals surface area contributed by atoms with Crippen LogP contribution in [0.2, 0.25) is 0 Å². The summed E-state index contributed by atoms with van der Waals surface area (Å²) < 4.78 is 46.0. The smallest absolute Gasteiger partial charge is 0.314 e. The Morgan fingerprint density at radius 2 is 1.96 bits per heavy atom. The van der Waals surface area contributed by atoms with Crippen LogP contribution < -0.4 is 0 Å². The van der Waals surface area contributed by atoms with Gasteiger partial charge in [0, 0.05) is 28.9 Å². The van der Waals surface area contributed by atoms with E-state index in [0.29, 0.717) is 17.9 Å². The standard InChI is InChI=1S/C16H10F3N5OS/c17-11-4-9(3-10(5-11)15-22-23-16(25-15)13(18)19)14-20-1-2-24(14)6-12-7-26-8-21-12/h1-5,7-8,13H,6H2. The molecule has 26 heavy (non-hydrogen) atoms. The molecule has 4 rings (SSSR count). The summed E-state index contributed by atoms with van der Waals surface area (Å²) in [4.78, 5) is 8.48. The van der Waals surface area contributed by atoms with Crippen LogP contribution in [0, 0.1) is 5.82 Å². The van der Waals surface area contributed by atoms with Gasteiger partial charge in [-0.05, 0) is 18.2 Å². The average molecular weight is 377 g/mol. The molecule has 3 aromatic heterocycles. The molecule has 0 spiro atoms. The second-order valence-corrected chi connectivity index (χ2v) is 6.05. The number of thiazole rings is 1. The molecule has 0 aliphatic carbocycles. The van der Waals surface area contributed by atoms with E-state index in [9.17, 15) is 13.2 Å². The molecular weight excluding hydrogens is 367 g/mol. The summed E-state index contributed by atoms with van der Waals surface area (Å²) in [5, 5.41) is 8.73. The molecule has 0 atom stereocenters. The van der Waals surface area contributed by atoms with Crippen molar-refractivity contribution in [1.82, 2.24) is 24.7 Å². The summed E-state index contributed by atoms with van der Waals surface area (Å²) >= 11 is 1.48. The highest BCUT2D eigenvalue weighted by molar-refractivity contribution is 7.07. The predicted molar refractivity (Wildman–Crippen MR) is 87.1 cm³/mol. The van der Waals surface area contributed by atoms with Crippen LogP contribution in [0.5, 0.6) is 0 Å². The number of hydrogen-bond acceptors (Lipinski definition) is 6. The van der Waals surface area contributed by atoms with E-state index in [-0.39, 0.29) is 11.5 Å². The van der Waals surface area contributed by atoms with Crippen LogP contribution in [0.3, 0.4) is 0 Å². The number of hydrogen-bond donors (Lipinski definition) is 0. The van der Waals surface area contributed by atoms with Gasteiger partial charge in [0.05, 0.1) is 17.7 Å². The van der Waals surface area contributed by atoms with Crippen molar-refractivity contribution >= 4 is 11.3 Å². The normalized spacial score (nSPS) is 11.4.